The minimum absolute atomic E-state index is 0.0994. The van der Waals surface area contributed by atoms with Gasteiger partial charge in [0.25, 0.3) is 10.1 Å². The summed E-state index contributed by atoms with van der Waals surface area (Å²) in [6.45, 7) is 6.98. The molecule has 12 heteroatoms. The van der Waals surface area contributed by atoms with Crippen molar-refractivity contribution in [3.8, 4) is 0 Å². The Labute approximate surface area is 283 Å². The number of carbonyl (C=O) groups is 1. The lowest BCUT2D eigenvalue weighted by molar-refractivity contribution is -0.438. The summed E-state index contributed by atoms with van der Waals surface area (Å²) in [5.74, 6) is 2.66. The van der Waals surface area contributed by atoms with E-state index in [4.69, 9.17) is 16.7 Å². The Morgan fingerprint density at radius 1 is 0.957 bits per heavy atom. The molecule has 2 heterocycles. The zero-order valence-electron chi connectivity index (χ0n) is 27.0. The Morgan fingerprint density at radius 3 is 2.38 bits per heavy atom. The molecule has 0 aliphatic carbocycles. The van der Waals surface area contributed by atoms with Crippen molar-refractivity contribution in [2.24, 2.45) is 0 Å². The Balaban J connectivity index is 1.60. The molecule has 9 nitrogen and oxygen atoms in total. The first-order chi connectivity index (χ1) is 21.9. The van der Waals surface area contributed by atoms with Crippen LogP contribution in [0, 0.1) is 0 Å². The van der Waals surface area contributed by atoms with E-state index in [9.17, 15) is 26.5 Å². The number of carboxylic acid groups (broad SMARTS) is 1. The predicted molar refractivity (Wildman–Crippen MR) is 191 cm³/mol. The molecule has 0 fully saturated rings. The summed E-state index contributed by atoms with van der Waals surface area (Å²) in [6.07, 6.45) is 13.9. The van der Waals surface area contributed by atoms with Crippen molar-refractivity contribution in [1.82, 2.24) is 0 Å². The van der Waals surface area contributed by atoms with Gasteiger partial charge in [-0.25, -0.2) is 4.21 Å². The number of hydrogen-bond acceptors (Lipinski definition) is 5. The normalized spacial score (nSPS) is 20.9. The molecule has 0 amide bonds. The summed E-state index contributed by atoms with van der Waals surface area (Å²) in [6, 6.07) is 10.4. The second-order valence-corrected chi connectivity index (χ2v) is 16.7. The molecule has 2 aromatic carbocycles. The molecule has 0 radical (unpaired) electrons. The number of aliphatic carboxylic acids is 1. The first-order valence-corrected chi connectivity index (χ1v) is 19.3. The van der Waals surface area contributed by atoms with E-state index >= 15 is 0 Å². The lowest BCUT2D eigenvalue weighted by atomic mass is 9.77. The molecular formula is C35H44ClN2O7S2+. The number of anilines is 1. The fourth-order valence-corrected chi connectivity index (χ4v) is 7.79. The van der Waals surface area contributed by atoms with Crippen molar-refractivity contribution in [1.29, 1.82) is 0 Å². The number of fused-ring (bicyclic) bond motifs is 2. The molecule has 254 valence electrons. The van der Waals surface area contributed by atoms with Crippen LogP contribution in [-0.2, 0) is 35.5 Å². The number of benzene rings is 2. The third-order valence-corrected chi connectivity index (χ3v) is 11.0. The molecule has 2 aromatic rings. The van der Waals surface area contributed by atoms with Crippen molar-refractivity contribution < 1.29 is 36.2 Å². The Kier molecular flexibility index (Phi) is 11.3. The molecule has 0 spiro atoms. The SMILES string of the molecule is C=S(=O)(O)CCCC[N+]1=C(/C=C/C=C/C=C2/Nc3ccc(S(=O)(=O)O)cc3C2(C)CCCCCC(=O)O)C(C)(C)c2cc(Cl)ccc21. The number of halogens is 1. The number of nitrogens with zero attached hydrogens (tertiary/aromatic N) is 1. The molecule has 2 unspecified atom stereocenters. The van der Waals surface area contributed by atoms with Gasteiger partial charge in [-0.1, -0.05) is 42.7 Å². The second kappa shape index (κ2) is 14.5. The van der Waals surface area contributed by atoms with E-state index < -0.39 is 31.3 Å². The van der Waals surface area contributed by atoms with E-state index in [2.05, 4.69) is 35.7 Å². The average Bonchev–Trinajstić information content (AvgIpc) is 3.36. The largest absolute Gasteiger partial charge is 0.481 e. The summed E-state index contributed by atoms with van der Waals surface area (Å²) in [4.78, 5) is 10.8. The third-order valence-electron chi connectivity index (χ3n) is 9.00. The van der Waals surface area contributed by atoms with Crippen LogP contribution in [0.4, 0.5) is 11.4 Å². The lowest BCUT2D eigenvalue weighted by Gasteiger charge is -2.26. The van der Waals surface area contributed by atoms with Crippen LogP contribution in [0.3, 0.4) is 0 Å². The number of unbranched alkanes of at least 4 members (excludes halogenated alkanes) is 3. The van der Waals surface area contributed by atoms with Gasteiger partial charge in [-0.15, -0.1) is 0 Å². The van der Waals surface area contributed by atoms with Crippen LogP contribution in [0.2, 0.25) is 5.02 Å². The minimum Gasteiger partial charge on any atom is -0.481 e. The zero-order chi connectivity index (χ0) is 34.6. The summed E-state index contributed by atoms with van der Waals surface area (Å²) in [5, 5.41) is 13.1. The van der Waals surface area contributed by atoms with Crippen LogP contribution >= 0.6 is 11.6 Å². The van der Waals surface area contributed by atoms with Crippen LogP contribution in [0.1, 0.15) is 76.8 Å². The summed E-state index contributed by atoms with van der Waals surface area (Å²) in [7, 11) is -7.42. The number of carboxylic acids is 1. The molecule has 4 N–H and O–H groups in total. The molecule has 2 aliphatic heterocycles. The molecule has 47 heavy (non-hydrogen) atoms. The van der Waals surface area contributed by atoms with Gasteiger partial charge in [0.05, 0.1) is 20.1 Å². The Hall–Kier alpha value is -3.22. The third kappa shape index (κ3) is 8.83. The Bertz CT molecular complexity index is 1880. The highest BCUT2D eigenvalue weighted by atomic mass is 35.5. The van der Waals surface area contributed by atoms with E-state index in [1.54, 1.807) is 6.07 Å². The van der Waals surface area contributed by atoms with Gasteiger partial charge in [-0.3, -0.25) is 9.35 Å². The first-order valence-electron chi connectivity index (χ1n) is 15.6. The van der Waals surface area contributed by atoms with E-state index in [-0.39, 0.29) is 22.5 Å². The van der Waals surface area contributed by atoms with Gasteiger partial charge in [0.2, 0.25) is 5.69 Å². The van der Waals surface area contributed by atoms with Crippen LogP contribution in [0.5, 0.6) is 0 Å². The van der Waals surface area contributed by atoms with Gasteiger partial charge in [-0.05, 0) is 87.9 Å². The summed E-state index contributed by atoms with van der Waals surface area (Å²) >= 11 is 6.38. The average molecular weight is 704 g/mol. The standard InChI is InChI=1S/C35H43ClN2O7S2/c1-34(2)28-23-25(36)16-19-30(28)38(21-11-12-22-46(4,41)42)32(34)14-8-5-7-13-31-35(3,20-10-6-9-15-33(39)40)27-24-26(47(43,44)45)17-18-29(27)37-31/h5,7-8,13-14,16-19,23-24H,4,6,9-12,15,20-22H2,1-3H3,(H3,39,40,41,42,43,44,45)/p+1. The molecule has 0 aromatic heterocycles. The maximum Gasteiger partial charge on any atom is 0.303 e. The second-order valence-electron chi connectivity index (χ2n) is 12.9. The monoisotopic (exact) mass is 703 g/mol. The molecule has 2 aliphatic rings. The number of allylic oxidation sites excluding steroid dienone is 6. The smallest absolute Gasteiger partial charge is 0.303 e. The van der Waals surface area contributed by atoms with Gasteiger partial charge in [0.15, 0.2) is 5.71 Å². The number of hydrogen-bond donors (Lipinski definition) is 4. The fraction of sp³-hybridized carbons (Fsp3) is 0.400. The van der Waals surface area contributed by atoms with Crippen molar-refractivity contribution >= 4 is 60.4 Å². The van der Waals surface area contributed by atoms with Crippen molar-refractivity contribution in [3.63, 3.8) is 0 Å². The van der Waals surface area contributed by atoms with Crippen LogP contribution in [0.15, 0.2) is 77.4 Å². The van der Waals surface area contributed by atoms with Gasteiger partial charge in [-0.2, -0.15) is 13.0 Å². The molecule has 0 saturated heterocycles. The Morgan fingerprint density at radius 2 is 1.70 bits per heavy atom. The summed E-state index contributed by atoms with van der Waals surface area (Å²) in [5.41, 5.74) is 4.69. The summed E-state index contributed by atoms with van der Waals surface area (Å²) < 4.78 is 57.0. The van der Waals surface area contributed by atoms with E-state index in [1.165, 1.54) is 12.1 Å². The minimum atomic E-state index is -4.39. The first kappa shape index (κ1) is 36.6. The van der Waals surface area contributed by atoms with Crippen molar-refractivity contribution in [2.45, 2.75) is 81.4 Å². The highest BCUT2D eigenvalue weighted by molar-refractivity contribution is 7.95. The van der Waals surface area contributed by atoms with Crippen LogP contribution < -0.4 is 5.32 Å². The molecule has 4 rings (SSSR count). The van der Waals surface area contributed by atoms with Gasteiger partial charge in [0, 0.05) is 58.1 Å². The molecular weight excluding hydrogens is 660 g/mol. The van der Waals surface area contributed by atoms with Crippen LogP contribution in [0.25, 0.3) is 0 Å². The number of rotatable bonds is 15. The predicted octanol–water partition coefficient (Wildman–Crippen LogP) is 7.35. The highest BCUT2D eigenvalue weighted by Gasteiger charge is 2.44. The topological polar surface area (TPSA) is 144 Å². The quantitative estimate of drug-likeness (QED) is 0.0496. The van der Waals surface area contributed by atoms with Gasteiger partial charge in [0.1, 0.15) is 6.54 Å². The van der Waals surface area contributed by atoms with Crippen molar-refractivity contribution in [3.05, 3.63) is 88.6 Å². The lowest BCUT2D eigenvalue weighted by Crippen LogP contribution is -2.28. The van der Waals surface area contributed by atoms with Gasteiger partial charge < -0.3 is 15.0 Å². The zero-order valence-corrected chi connectivity index (χ0v) is 29.4. The van der Waals surface area contributed by atoms with Gasteiger partial charge >= 0.3 is 5.97 Å². The highest BCUT2D eigenvalue weighted by Crippen LogP contribution is 2.47. The van der Waals surface area contributed by atoms with E-state index in [0.29, 0.717) is 43.7 Å². The maximum atomic E-state index is 11.9. The molecule has 0 saturated carbocycles. The molecule has 0 bridgehead atoms. The van der Waals surface area contributed by atoms with E-state index in [1.807, 2.05) is 49.4 Å². The molecule has 2 atom stereocenters. The van der Waals surface area contributed by atoms with Crippen LogP contribution in [-0.4, -0.2) is 61.3 Å². The fourth-order valence-electron chi connectivity index (χ4n) is 6.45. The number of nitrogens with one attached hydrogen (secondary N) is 1. The van der Waals surface area contributed by atoms with E-state index in [0.717, 1.165) is 40.3 Å². The van der Waals surface area contributed by atoms with Crippen molar-refractivity contribution in [2.75, 3.05) is 17.6 Å². The maximum absolute atomic E-state index is 11.9.